The highest BCUT2D eigenvalue weighted by Crippen LogP contribution is 2.49. The summed E-state index contributed by atoms with van der Waals surface area (Å²) in [6, 6.07) is 17.7. The monoisotopic (exact) mass is 434 g/mol. The van der Waals surface area contributed by atoms with E-state index in [0.29, 0.717) is 17.7 Å². The first-order valence-electron chi connectivity index (χ1n) is 10.8. The van der Waals surface area contributed by atoms with Gasteiger partial charge in [0.05, 0.1) is 18.7 Å². The molecule has 4 nitrogen and oxygen atoms in total. The fourth-order valence-corrected chi connectivity index (χ4v) is 5.33. The molecule has 3 aromatic carbocycles. The van der Waals surface area contributed by atoms with Crippen LogP contribution in [0.25, 0.3) is 11.1 Å². The van der Waals surface area contributed by atoms with Crippen molar-refractivity contribution in [3.8, 4) is 11.1 Å². The van der Waals surface area contributed by atoms with Crippen molar-refractivity contribution >= 4 is 11.6 Å². The Morgan fingerprint density at radius 3 is 2.62 bits per heavy atom. The first kappa shape index (κ1) is 20.6. The molecule has 0 spiro atoms. The number of hydrogen-bond acceptors (Lipinski definition) is 3. The van der Waals surface area contributed by atoms with Crippen molar-refractivity contribution < 1.29 is 18.7 Å². The Morgan fingerprint density at radius 1 is 1.06 bits per heavy atom. The number of likely N-dealkylation sites (N-methyl/N-ethyl adjacent to an activating group) is 1. The summed E-state index contributed by atoms with van der Waals surface area (Å²) >= 11 is 0. The summed E-state index contributed by atoms with van der Waals surface area (Å²) in [5, 5.41) is 10.1. The van der Waals surface area contributed by atoms with E-state index in [4.69, 9.17) is 0 Å². The summed E-state index contributed by atoms with van der Waals surface area (Å²) in [6.07, 6.45) is 0.727. The number of carbonyl (C=O) groups is 1. The summed E-state index contributed by atoms with van der Waals surface area (Å²) in [4.78, 5) is 17.2. The van der Waals surface area contributed by atoms with Crippen molar-refractivity contribution in [2.45, 2.75) is 18.5 Å². The lowest BCUT2D eigenvalue weighted by Gasteiger charge is -2.44. The number of anilines is 1. The Morgan fingerprint density at radius 2 is 1.88 bits per heavy atom. The number of rotatable bonds is 3. The first-order valence-corrected chi connectivity index (χ1v) is 10.8. The van der Waals surface area contributed by atoms with Gasteiger partial charge in [-0.15, -0.1) is 0 Å². The zero-order valence-corrected chi connectivity index (χ0v) is 17.7. The van der Waals surface area contributed by atoms with Crippen LogP contribution in [-0.2, 0) is 0 Å². The molecule has 1 saturated heterocycles. The van der Waals surface area contributed by atoms with Crippen LogP contribution in [0.15, 0.2) is 66.7 Å². The molecular weight excluding hydrogens is 410 g/mol. The number of amides is 1. The SMILES string of the molecule is CN1c2ccc(-c3ccccc3F)cc2[C@@H]2[C@@H](CCN2C(=O)c2cccc(F)c2)[C@@H]1CO. The predicted octanol–water partition coefficient (Wildman–Crippen LogP) is 4.65. The normalized spacial score (nSPS) is 21.9. The molecule has 0 aliphatic carbocycles. The number of halogens is 2. The fourth-order valence-electron chi connectivity index (χ4n) is 5.33. The molecule has 0 aromatic heterocycles. The van der Waals surface area contributed by atoms with Crippen LogP contribution in [0.4, 0.5) is 14.5 Å². The molecule has 1 N–H and O–H groups in total. The molecule has 1 amide bonds. The lowest BCUT2D eigenvalue weighted by atomic mass is 9.81. The molecule has 164 valence electrons. The maximum atomic E-state index is 14.5. The molecule has 1 fully saturated rings. The smallest absolute Gasteiger partial charge is 0.254 e. The van der Waals surface area contributed by atoms with Gasteiger partial charge in [0.1, 0.15) is 11.6 Å². The molecule has 0 saturated carbocycles. The minimum Gasteiger partial charge on any atom is -0.394 e. The molecule has 5 rings (SSSR count). The van der Waals surface area contributed by atoms with Crippen molar-refractivity contribution in [1.82, 2.24) is 4.90 Å². The topological polar surface area (TPSA) is 43.8 Å². The van der Waals surface area contributed by atoms with E-state index in [1.807, 2.05) is 25.2 Å². The highest BCUT2D eigenvalue weighted by Gasteiger charge is 2.47. The summed E-state index contributed by atoms with van der Waals surface area (Å²) in [6.45, 7) is 0.479. The molecule has 2 aliphatic heterocycles. The standard InChI is InChI=1S/C26H24F2N2O2/c1-29-23-10-9-16(19-7-2-3-8-22(19)28)14-21(23)25-20(24(29)15-31)11-12-30(25)26(32)17-5-4-6-18(27)13-17/h2-10,13-14,20,24-25,31H,11-12,15H2,1H3/t20-,24-,25-/m0/s1. The average Bonchev–Trinajstić information content (AvgIpc) is 3.24. The van der Waals surface area contributed by atoms with Crippen molar-refractivity contribution in [3.05, 3.63) is 89.5 Å². The number of hydrogen-bond donors (Lipinski definition) is 1. The largest absolute Gasteiger partial charge is 0.394 e. The maximum absolute atomic E-state index is 14.5. The van der Waals surface area contributed by atoms with E-state index in [0.717, 1.165) is 23.2 Å². The molecule has 3 atom stereocenters. The Labute approximate surface area is 185 Å². The molecular formula is C26H24F2N2O2. The van der Waals surface area contributed by atoms with Crippen molar-refractivity contribution in [3.63, 3.8) is 0 Å². The zero-order valence-electron chi connectivity index (χ0n) is 17.7. The third-order valence-electron chi connectivity index (χ3n) is 6.87. The zero-order chi connectivity index (χ0) is 22.4. The minimum atomic E-state index is -0.453. The van der Waals surface area contributed by atoms with Gasteiger partial charge in [0, 0.05) is 36.3 Å². The van der Waals surface area contributed by atoms with Crippen LogP contribution in [0.3, 0.4) is 0 Å². The Balaban J connectivity index is 1.62. The molecule has 0 bridgehead atoms. The van der Waals surface area contributed by atoms with Gasteiger partial charge in [0.2, 0.25) is 0 Å². The molecule has 0 unspecified atom stereocenters. The molecule has 2 aliphatic rings. The highest BCUT2D eigenvalue weighted by atomic mass is 19.1. The quantitative estimate of drug-likeness (QED) is 0.653. The second-order valence-electron chi connectivity index (χ2n) is 8.52. The van der Waals surface area contributed by atoms with Crippen LogP contribution in [0, 0.1) is 17.6 Å². The van der Waals surface area contributed by atoms with Crippen molar-refractivity contribution in [1.29, 1.82) is 0 Å². The number of carbonyl (C=O) groups excluding carboxylic acids is 1. The number of benzene rings is 3. The van der Waals surface area contributed by atoms with Gasteiger partial charge in [-0.1, -0.05) is 30.3 Å². The Bertz CT molecular complexity index is 1180. The summed E-state index contributed by atoms with van der Waals surface area (Å²) in [5.41, 5.74) is 3.37. The van der Waals surface area contributed by atoms with Crippen LogP contribution < -0.4 is 4.90 Å². The van der Waals surface area contributed by atoms with E-state index in [2.05, 4.69) is 4.90 Å². The van der Waals surface area contributed by atoms with Crippen molar-refractivity contribution in [2.75, 3.05) is 25.1 Å². The van der Waals surface area contributed by atoms with E-state index < -0.39 is 5.82 Å². The lowest BCUT2D eigenvalue weighted by molar-refractivity contribution is 0.0693. The molecule has 0 radical (unpaired) electrons. The van der Waals surface area contributed by atoms with Crippen LogP contribution in [-0.4, -0.2) is 42.2 Å². The Kier molecular flexibility index (Phi) is 5.18. The summed E-state index contributed by atoms with van der Waals surface area (Å²) in [7, 11) is 1.94. The van der Waals surface area contributed by atoms with E-state index in [9.17, 15) is 18.7 Å². The van der Waals surface area contributed by atoms with E-state index >= 15 is 0 Å². The number of aliphatic hydroxyl groups excluding tert-OH is 1. The van der Waals surface area contributed by atoms with Crippen LogP contribution >= 0.6 is 0 Å². The van der Waals surface area contributed by atoms with Gasteiger partial charge in [-0.05, 0) is 53.9 Å². The second kappa shape index (κ2) is 8.02. The molecule has 6 heteroatoms. The third-order valence-corrected chi connectivity index (χ3v) is 6.87. The fraction of sp³-hybridized carbons (Fsp3) is 0.269. The average molecular weight is 434 g/mol. The predicted molar refractivity (Wildman–Crippen MR) is 119 cm³/mol. The Hall–Kier alpha value is -3.25. The van der Waals surface area contributed by atoms with Crippen LogP contribution in [0.1, 0.15) is 28.4 Å². The molecule has 2 heterocycles. The number of likely N-dealkylation sites (tertiary alicyclic amines) is 1. The van der Waals surface area contributed by atoms with Gasteiger partial charge < -0.3 is 14.9 Å². The van der Waals surface area contributed by atoms with Gasteiger partial charge in [-0.25, -0.2) is 8.78 Å². The van der Waals surface area contributed by atoms with E-state index in [1.165, 1.54) is 24.3 Å². The maximum Gasteiger partial charge on any atom is 0.254 e. The minimum absolute atomic E-state index is 0.0193. The van der Waals surface area contributed by atoms with E-state index in [-0.39, 0.29) is 36.3 Å². The number of aliphatic hydroxyl groups is 1. The molecule has 3 aromatic rings. The van der Waals surface area contributed by atoms with Gasteiger partial charge >= 0.3 is 0 Å². The summed E-state index contributed by atoms with van der Waals surface area (Å²) < 4.78 is 28.3. The van der Waals surface area contributed by atoms with Gasteiger partial charge in [-0.2, -0.15) is 0 Å². The van der Waals surface area contributed by atoms with Gasteiger partial charge in [-0.3, -0.25) is 4.79 Å². The number of fused-ring (bicyclic) bond motifs is 3. The first-order chi connectivity index (χ1) is 15.5. The van der Waals surface area contributed by atoms with Crippen LogP contribution in [0.2, 0.25) is 0 Å². The van der Waals surface area contributed by atoms with Gasteiger partial charge in [0.15, 0.2) is 0 Å². The highest BCUT2D eigenvalue weighted by molar-refractivity contribution is 5.95. The lowest BCUT2D eigenvalue weighted by Crippen LogP contribution is -2.48. The van der Waals surface area contributed by atoms with E-state index in [1.54, 1.807) is 29.2 Å². The van der Waals surface area contributed by atoms with Gasteiger partial charge in [0.25, 0.3) is 5.91 Å². The third kappa shape index (κ3) is 3.26. The van der Waals surface area contributed by atoms with Crippen LogP contribution in [0.5, 0.6) is 0 Å². The summed E-state index contributed by atoms with van der Waals surface area (Å²) in [5.74, 6) is -0.975. The number of nitrogens with zero attached hydrogens (tertiary/aromatic N) is 2. The van der Waals surface area contributed by atoms with Crippen molar-refractivity contribution in [2.24, 2.45) is 5.92 Å². The second-order valence-corrected chi connectivity index (χ2v) is 8.52. The molecule has 32 heavy (non-hydrogen) atoms.